The van der Waals surface area contributed by atoms with Gasteiger partial charge in [0.05, 0.1) is 7.11 Å². The van der Waals surface area contributed by atoms with Crippen LogP contribution in [0.4, 0.5) is 5.82 Å². The van der Waals surface area contributed by atoms with Gasteiger partial charge in [0.25, 0.3) is 5.91 Å². The SMILES string of the molecule is CCN1CCN(c2ccc(C(=O)NCCc3ccccc3OC)nn2)CC1. The molecule has 0 atom stereocenters. The van der Waals surface area contributed by atoms with E-state index in [1.54, 1.807) is 13.2 Å². The summed E-state index contributed by atoms with van der Waals surface area (Å²) in [6.45, 7) is 7.71. The highest BCUT2D eigenvalue weighted by atomic mass is 16.5. The molecule has 1 aromatic carbocycles. The number of benzene rings is 1. The number of carbonyl (C=O) groups is 1. The summed E-state index contributed by atoms with van der Waals surface area (Å²) in [6, 6.07) is 11.4. The van der Waals surface area contributed by atoms with E-state index < -0.39 is 0 Å². The van der Waals surface area contributed by atoms with Crippen molar-refractivity contribution in [2.24, 2.45) is 0 Å². The molecule has 2 aromatic rings. The van der Waals surface area contributed by atoms with Gasteiger partial charge in [-0.2, -0.15) is 0 Å². The molecule has 0 spiro atoms. The Morgan fingerprint density at radius 3 is 2.56 bits per heavy atom. The van der Waals surface area contributed by atoms with Gasteiger partial charge in [0, 0.05) is 32.7 Å². The Kier molecular flexibility index (Phi) is 6.59. The molecule has 1 saturated heterocycles. The zero-order chi connectivity index (χ0) is 19.1. The zero-order valence-electron chi connectivity index (χ0n) is 16.0. The molecule has 0 saturated carbocycles. The number of amides is 1. The number of rotatable bonds is 7. The lowest BCUT2D eigenvalue weighted by atomic mass is 10.1. The van der Waals surface area contributed by atoms with Crippen LogP contribution in [0.1, 0.15) is 23.0 Å². The molecular weight excluding hydrogens is 342 g/mol. The van der Waals surface area contributed by atoms with Crippen LogP contribution >= 0.6 is 0 Å². The van der Waals surface area contributed by atoms with Crippen LogP contribution in [-0.4, -0.2) is 67.4 Å². The fourth-order valence-corrected chi connectivity index (χ4v) is 3.22. The van der Waals surface area contributed by atoms with Gasteiger partial charge >= 0.3 is 0 Å². The third-order valence-corrected chi connectivity index (χ3v) is 4.90. The van der Waals surface area contributed by atoms with Crippen molar-refractivity contribution in [3.63, 3.8) is 0 Å². The molecular formula is C20H27N5O2. The topological polar surface area (TPSA) is 70.6 Å². The Morgan fingerprint density at radius 1 is 1.11 bits per heavy atom. The average molecular weight is 369 g/mol. The second-order valence-electron chi connectivity index (χ2n) is 6.52. The number of piperazine rings is 1. The van der Waals surface area contributed by atoms with E-state index in [0.29, 0.717) is 18.7 Å². The number of methoxy groups -OCH3 is 1. The first-order chi connectivity index (χ1) is 13.2. The van der Waals surface area contributed by atoms with Crippen molar-refractivity contribution >= 4 is 11.7 Å². The van der Waals surface area contributed by atoms with Crippen LogP contribution in [0.3, 0.4) is 0 Å². The molecule has 27 heavy (non-hydrogen) atoms. The number of anilines is 1. The lowest BCUT2D eigenvalue weighted by Gasteiger charge is -2.34. The standard InChI is InChI=1S/C20H27N5O2/c1-3-24-12-14-25(15-13-24)19-9-8-17(22-23-19)20(26)21-11-10-16-6-4-5-7-18(16)27-2/h4-9H,3,10-15H2,1-2H3,(H,21,26). The van der Waals surface area contributed by atoms with E-state index in [4.69, 9.17) is 4.74 Å². The smallest absolute Gasteiger partial charge is 0.271 e. The van der Waals surface area contributed by atoms with Gasteiger partial charge in [0.2, 0.25) is 0 Å². The molecule has 1 amide bonds. The average Bonchev–Trinajstić information content (AvgIpc) is 2.74. The Labute approximate surface area is 160 Å². The minimum absolute atomic E-state index is 0.209. The maximum absolute atomic E-state index is 12.3. The van der Waals surface area contributed by atoms with Crippen molar-refractivity contribution in [3.8, 4) is 5.75 Å². The Bertz CT molecular complexity index is 742. The Morgan fingerprint density at radius 2 is 1.89 bits per heavy atom. The normalized spacial score (nSPS) is 14.8. The molecule has 0 radical (unpaired) electrons. The minimum Gasteiger partial charge on any atom is -0.496 e. The lowest BCUT2D eigenvalue weighted by molar-refractivity contribution is 0.0948. The van der Waals surface area contributed by atoms with E-state index in [0.717, 1.165) is 49.9 Å². The predicted molar refractivity (Wildman–Crippen MR) is 105 cm³/mol. The number of nitrogens with one attached hydrogen (secondary N) is 1. The molecule has 1 aliphatic heterocycles. The molecule has 7 heteroatoms. The summed E-state index contributed by atoms with van der Waals surface area (Å²) >= 11 is 0. The van der Waals surface area contributed by atoms with E-state index in [-0.39, 0.29) is 5.91 Å². The van der Waals surface area contributed by atoms with Crippen LogP contribution in [0.15, 0.2) is 36.4 Å². The molecule has 1 fully saturated rings. The first-order valence-corrected chi connectivity index (χ1v) is 9.42. The summed E-state index contributed by atoms with van der Waals surface area (Å²) in [5, 5.41) is 11.2. The van der Waals surface area contributed by atoms with Crippen molar-refractivity contribution < 1.29 is 9.53 Å². The highest BCUT2D eigenvalue weighted by Gasteiger charge is 2.17. The van der Waals surface area contributed by atoms with Crippen molar-refractivity contribution in [2.75, 3.05) is 51.3 Å². The quantitative estimate of drug-likeness (QED) is 0.799. The fourth-order valence-electron chi connectivity index (χ4n) is 3.22. The molecule has 0 aliphatic carbocycles. The largest absolute Gasteiger partial charge is 0.496 e. The molecule has 144 valence electrons. The van der Waals surface area contributed by atoms with Crippen LogP contribution in [0, 0.1) is 0 Å². The zero-order valence-corrected chi connectivity index (χ0v) is 16.0. The van der Waals surface area contributed by atoms with Gasteiger partial charge in [-0.15, -0.1) is 10.2 Å². The summed E-state index contributed by atoms with van der Waals surface area (Å²) < 4.78 is 5.33. The molecule has 1 aromatic heterocycles. The van der Waals surface area contributed by atoms with Crippen LogP contribution in [-0.2, 0) is 6.42 Å². The Hall–Kier alpha value is -2.67. The lowest BCUT2D eigenvalue weighted by Crippen LogP contribution is -2.46. The van der Waals surface area contributed by atoms with Crippen LogP contribution in [0.25, 0.3) is 0 Å². The fraction of sp³-hybridized carbons (Fsp3) is 0.450. The molecule has 1 N–H and O–H groups in total. The number of carbonyl (C=O) groups excluding carboxylic acids is 1. The van der Waals surface area contributed by atoms with Gasteiger partial charge in [-0.1, -0.05) is 25.1 Å². The highest BCUT2D eigenvalue weighted by Crippen LogP contribution is 2.17. The summed E-state index contributed by atoms with van der Waals surface area (Å²) in [7, 11) is 1.65. The Balaban J connectivity index is 1.50. The van der Waals surface area contributed by atoms with Gasteiger partial charge in [0.1, 0.15) is 5.75 Å². The van der Waals surface area contributed by atoms with E-state index in [9.17, 15) is 4.79 Å². The maximum atomic E-state index is 12.3. The predicted octanol–water partition coefficient (Wildman–Crippen LogP) is 1.60. The second-order valence-corrected chi connectivity index (χ2v) is 6.52. The number of hydrogen-bond donors (Lipinski definition) is 1. The van der Waals surface area contributed by atoms with Gasteiger partial charge in [0.15, 0.2) is 11.5 Å². The van der Waals surface area contributed by atoms with Crippen LogP contribution in [0.2, 0.25) is 0 Å². The van der Waals surface area contributed by atoms with E-state index in [1.807, 2.05) is 30.3 Å². The monoisotopic (exact) mass is 369 g/mol. The number of hydrogen-bond acceptors (Lipinski definition) is 6. The van der Waals surface area contributed by atoms with E-state index >= 15 is 0 Å². The molecule has 0 bridgehead atoms. The molecule has 1 aliphatic rings. The van der Waals surface area contributed by atoms with Gasteiger partial charge in [-0.05, 0) is 36.7 Å². The number of likely N-dealkylation sites (N-methyl/N-ethyl adjacent to an activating group) is 1. The van der Waals surface area contributed by atoms with Crippen molar-refractivity contribution in [2.45, 2.75) is 13.3 Å². The number of aromatic nitrogens is 2. The summed E-state index contributed by atoms with van der Waals surface area (Å²) in [6.07, 6.45) is 0.697. The van der Waals surface area contributed by atoms with Gasteiger partial charge in [-0.25, -0.2) is 0 Å². The number of para-hydroxylation sites is 1. The van der Waals surface area contributed by atoms with E-state index in [2.05, 4.69) is 32.2 Å². The van der Waals surface area contributed by atoms with Crippen molar-refractivity contribution in [1.82, 2.24) is 20.4 Å². The van der Waals surface area contributed by atoms with Crippen LogP contribution in [0.5, 0.6) is 5.75 Å². The molecule has 2 heterocycles. The maximum Gasteiger partial charge on any atom is 0.271 e. The number of nitrogens with zero attached hydrogens (tertiary/aromatic N) is 4. The summed E-state index contributed by atoms with van der Waals surface area (Å²) in [4.78, 5) is 16.9. The van der Waals surface area contributed by atoms with Crippen molar-refractivity contribution in [1.29, 1.82) is 0 Å². The summed E-state index contributed by atoms with van der Waals surface area (Å²) in [5.41, 5.74) is 1.40. The molecule has 7 nitrogen and oxygen atoms in total. The highest BCUT2D eigenvalue weighted by molar-refractivity contribution is 5.92. The third kappa shape index (κ3) is 4.95. The minimum atomic E-state index is -0.209. The first-order valence-electron chi connectivity index (χ1n) is 9.42. The first kappa shape index (κ1) is 19.1. The molecule has 3 rings (SSSR count). The van der Waals surface area contributed by atoms with Crippen LogP contribution < -0.4 is 15.0 Å². The third-order valence-electron chi connectivity index (χ3n) is 4.90. The second kappa shape index (κ2) is 9.32. The molecule has 0 unspecified atom stereocenters. The van der Waals surface area contributed by atoms with Crippen molar-refractivity contribution in [3.05, 3.63) is 47.7 Å². The van der Waals surface area contributed by atoms with Gasteiger partial charge in [-0.3, -0.25) is 4.79 Å². The van der Waals surface area contributed by atoms with Gasteiger partial charge < -0.3 is 19.9 Å². The van der Waals surface area contributed by atoms with E-state index in [1.165, 1.54) is 0 Å². The number of ether oxygens (including phenoxy) is 1. The summed E-state index contributed by atoms with van der Waals surface area (Å²) in [5.74, 6) is 1.45.